The van der Waals surface area contributed by atoms with Crippen LogP contribution in [0.15, 0.2) is 46.9 Å². The van der Waals surface area contributed by atoms with Crippen molar-refractivity contribution in [3.8, 4) is 0 Å². The molecular formula is C15H14BrN3O3. The third kappa shape index (κ3) is 4.29. The van der Waals surface area contributed by atoms with Crippen LogP contribution in [0.3, 0.4) is 0 Å². The Labute approximate surface area is 135 Å². The van der Waals surface area contributed by atoms with Gasteiger partial charge in [-0.1, -0.05) is 22.0 Å². The molecule has 2 rings (SSSR count). The minimum atomic E-state index is -0.509. The lowest BCUT2D eigenvalue weighted by atomic mass is 10.2. The van der Waals surface area contributed by atoms with Gasteiger partial charge in [-0.2, -0.15) is 0 Å². The van der Waals surface area contributed by atoms with Crippen molar-refractivity contribution in [2.45, 2.75) is 6.92 Å². The molecule has 1 amide bonds. The Kier molecular flexibility index (Phi) is 5.11. The molecule has 0 aliphatic carbocycles. The molecule has 0 unspecified atom stereocenters. The molecule has 0 atom stereocenters. The first-order valence-corrected chi connectivity index (χ1v) is 7.29. The van der Waals surface area contributed by atoms with Gasteiger partial charge in [0.25, 0.3) is 5.69 Å². The van der Waals surface area contributed by atoms with Crippen molar-refractivity contribution in [1.82, 2.24) is 0 Å². The second-order valence-corrected chi connectivity index (χ2v) is 5.60. The van der Waals surface area contributed by atoms with Crippen LogP contribution in [0.4, 0.5) is 17.1 Å². The second-order valence-electron chi connectivity index (χ2n) is 4.69. The van der Waals surface area contributed by atoms with Crippen LogP contribution in [0.1, 0.15) is 5.56 Å². The van der Waals surface area contributed by atoms with E-state index in [2.05, 4.69) is 26.6 Å². The maximum Gasteiger partial charge on any atom is 0.293 e. The smallest absolute Gasteiger partial charge is 0.293 e. The quantitative estimate of drug-likeness (QED) is 0.626. The fraction of sp³-hybridized carbons (Fsp3) is 0.133. The number of carbonyl (C=O) groups excluding carboxylic acids is 1. The summed E-state index contributed by atoms with van der Waals surface area (Å²) in [5, 5.41) is 16.5. The highest BCUT2D eigenvalue weighted by Gasteiger charge is 2.15. The normalized spacial score (nSPS) is 10.1. The highest BCUT2D eigenvalue weighted by atomic mass is 79.9. The van der Waals surface area contributed by atoms with E-state index >= 15 is 0 Å². The van der Waals surface area contributed by atoms with Gasteiger partial charge in [-0.05, 0) is 42.8 Å². The van der Waals surface area contributed by atoms with Gasteiger partial charge >= 0.3 is 0 Å². The molecule has 0 aliphatic rings. The fourth-order valence-electron chi connectivity index (χ4n) is 1.84. The molecule has 2 aromatic rings. The topological polar surface area (TPSA) is 84.3 Å². The zero-order valence-corrected chi connectivity index (χ0v) is 13.4. The lowest BCUT2D eigenvalue weighted by Gasteiger charge is -2.08. The van der Waals surface area contributed by atoms with Gasteiger partial charge in [-0.3, -0.25) is 14.9 Å². The molecular weight excluding hydrogens is 350 g/mol. The van der Waals surface area contributed by atoms with Crippen LogP contribution in [0, 0.1) is 17.0 Å². The number of rotatable bonds is 5. The summed E-state index contributed by atoms with van der Waals surface area (Å²) in [5.74, 6) is -0.352. The molecule has 114 valence electrons. The molecule has 2 aromatic carbocycles. The molecule has 0 aromatic heterocycles. The third-order valence-electron chi connectivity index (χ3n) is 2.92. The predicted molar refractivity (Wildman–Crippen MR) is 89.1 cm³/mol. The zero-order chi connectivity index (χ0) is 16.1. The molecule has 0 saturated heterocycles. The van der Waals surface area contributed by atoms with E-state index in [-0.39, 0.29) is 23.8 Å². The average Bonchev–Trinajstić information content (AvgIpc) is 2.48. The number of hydrogen-bond donors (Lipinski definition) is 2. The van der Waals surface area contributed by atoms with Crippen LogP contribution in [0.25, 0.3) is 0 Å². The molecule has 6 nitrogen and oxygen atoms in total. The van der Waals surface area contributed by atoms with Crippen LogP contribution >= 0.6 is 15.9 Å². The van der Waals surface area contributed by atoms with E-state index in [0.717, 1.165) is 15.7 Å². The van der Waals surface area contributed by atoms with Crippen molar-refractivity contribution in [1.29, 1.82) is 0 Å². The van der Waals surface area contributed by atoms with E-state index < -0.39 is 4.92 Å². The van der Waals surface area contributed by atoms with Crippen molar-refractivity contribution < 1.29 is 9.72 Å². The SMILES string of the molecule is Cc1ccc(NC(=O)CNc2ccc(Br)cc2)c([N+](=O)[O-])c1. The molecule has 22 heavy (non-hydrogen) atoms. The molecule has 2 N–H and O–H groups in total. The van der Waals surface area contributed by atoms with E-state index in [9.17, 15) is 14.9 Å². The van der Waals surface area contributed by atoms with E-state index in [1.54, 1.807) is 13.0 Å². The van der Waals surface area contributed by atoms with Crippen molar-refractivity contribution >= 4 is 38.9 Å². The number of aryl methyl sites for hydroxylation is 1. The fourth-order valence-corrected chi connectivity index (χ4v) is 2.11. The van der Waals surface area contributed by atoms with Crippen LogP contribution in [0.5, 0.6) is 0 Å². The highest BCUT2D eigenvalue weighted by molar-refractivity contribution is 9.10. The lowest BCUT2D eigenvalue weighted by molar-refractivity contribution is -0.384. The summed E-state index contributed by atoms with van der Waals surface area (Å²) in [6.45, 7) is 1.78. The minimum absolute atomic E-state index is 0.0205. The molecule has 0 fully saturated rings. The number of nitrogens with one attached hydrogen (secondary N) is 2. The number of halogens is 1. The Morgan fingerprint density at radius 1 is 1.23 bits per heavy atom. The van der Waals surface area contributed by atoms with Gasteiger partial charge in [-0.15, -0.1) is 0 Å². The number of benzene rings is 2. The summed E-state index contributed by atoms with van der Waals surface area (Å²) in [5.41, 5.74) is 1.63. The number of nitrogens with zero attached hydrogens (tertiary/aromatic N) is 1. The highest BCUT2D eigenvalue weighted by Crippen LogP contribution is 2.25. The maximum atomic E-state index is 11.9. The predicted octanol–water partition coefficient (Wildman–Crippen LogP) is 3.72. The van der Waals surface area contributed by atoms with Crippen LogP contribution in [0.2, 0.25) is 0 Å². The minimum Gasteiger partial charge on any atom is -0.376 e. The number of carbonyl (C=O) groups is 1. The number of hydrogen-bond acceptors (Lipinski definition) is 4. The molecule has 0 saturated carbocycles. The van der Waals surface area contributed by atoms with Gasteiger partial charge < -0.3 is 10.6 Å². The monoisotopic (exact) mass is 363 g/mol. The summed E-state index contributed by atoms with van der Waals surface area (Å²) in [4.78, 5) is 22.4. The number of anilines is 2. The summed E-state index contributed by atoms with van der Waals surface area (Å²) in [6.07, 6.45) is 0. The van der Waals surface area contributed by atoms with Gasteiger partial charge in [0.15, 0.2) is 0 Å². The largest absolute Gasteiger partial charge is 0.376 e. The van der Waals surface area contributed by atoms with Crippen molar-refractivity contribution in [3.63, 3.8) is 0 Å². The van der Waals surface area contributed by atoms with Gasteiger partial charge in [0, 0.05) is 16.2 Å². The Bertz CT molecular complexity index is 702. The number of amides is 1. The number of nitro benzene ring substituents is 1. The third-order valence-corrected chi connectivity index (χ3v) is 3.45. The summed E-state index contributed by atoms with van der Waals surface area (Å²) >= 11 is 3.33. The lowest BCUT2D eigenvalue weighted by Crippen LogP contribution is -2.22. The van der Waals surface area contributed by atoms with Crippen molar-refractivity contribution in [2.24, 2.45) is 0 Å². The molecule has 0 bridgehead atoms. The zero-order valence-electron chi connectivity index (χ0n) is 11.8. The van der Waals surface area contributed by atoms with E-state index in [0.29, 0.717) is 0 Å². The first kappa shape index (κ1) is 16.0. The van der Waals surface area contributed by atoms with Crippen LogP contribution < -0.4 is 10.6 Å². The Balaban J connectivity index is 2.00. The van der Waals surface area contributed by atoms with Gasteiger partial charge in [-0.25, -0.2) is 0 Å². The molecule has 7 heteroatoms. The van der Waals surface area contributed by atoms with E-state index in [1.165, 1.54) is 12.1 Å². The second kappa shape index (κ2) is 7.04. The van der Waals surface area contributed by atoms with Gasteiger partial charge in [0.2, 0.25) is 5.91 Å². The first-order valence-electron chi connectivity index (χ1n) is 6.50. The van der Waals surface area contributed by atoms with Crippen LogP contribution in [-0.2, 0) is 4.79 Å². The first-order chi connectivity index (χ1) is 10.5. The van der Waals surface area contributed by atoms with Crippen molar-refractivity contribution in [2.75, 3.05) is 17.2 Å². The molecule has 0 radical (unpaired) electrons. The Morgan fingerprint density at radius 2 is 1.91 bits per heavy atom. The summed E-state index contributed by atoms with van der Waals surface area (Å²) in [6, 6.07) is 12.0. The maximum absolute atomic E-state index is 11.9. The molecule has 0 aliphatic heterocycles. The standard InChI is InChI=1S/C15H14BrN3O3/c1-10-2-7-13(14(8-10)19(21)22)18-15(20)9-17-12-5-3-11(16)4-6-12/h2-8,17H,9H2,1H3,(H,18,20). The Morgan fingerprint density at radius 3 is 2.55 bits per heavy atom. The average molecular weight is 364 g/mol. The number of nitro groups is 1. The Hall–Kier alpha value is -2.41. The van der Waals surface area contributed by atoms with E-state index in [4.69, 9.17) is 0 Å². The van der Waals surface area contributed by atoms with Gasteiger partial charge in [0.05, 0.1) is 11.5 Å². The molecule has 0 spiro atoms. The van der Waals surface area contributed by atoms with E-state index in [1.807, 2.05) is 24.3 Å². The molecule has 0 heterocycles. The summed E-state index contributed by atoms with van der Waals surface area (Å²) in [7, 11) is 0. The summed E-state index contributed by atoms with van der Waals surface area (Å²) < 4.78 is 0.942. The van der Waals surface area contributed by atoms with Crippen LogP contribution in [-0.4, -0.2) is 17.4 Å². The van der Waals surface area contributed by atoms with Crippen molar-refractivity contribution in [3.05, 3.63) is 62.6 Å². The van der Waals surface area contributed by atoms with Gasteiger partial charge in [0.1, 0.15) is 5.69 Å².